The van der Waals surface area contributed by atoms with Crippen molar-refractivity contribution in [3.63, 3.8) is 0 Å². The highest BCUT2D eigenvalue weighted by Crippen LogP contribution is 2.38. The zero-order valence-corrected chi connectivity index (χ0v) is 16.6. The molecule has 2 heteroatoms. The van der Waals surface area contributed by atoms with Gasteiger partial charge in [0.25, 0.3) is 0 Å². The first kappa shape index (κ1) is 13.9. The second-order valence-corrected chi connectivity index (χ2v) is 7.58. The van der Waals surface area contributed by atoms with Crippen molar-refractivity contribution in [2.45, 2.75) is 39.5 Å². The molecule has 0 atom stereocenters. The van der Waals surface area contributed by atoms with Crippen molar-refractivity contribution in [1.29, 1.82) is 0 Å². The Morgan fingerprint density at radius 3 is 2.52 bits per heavy atom. The fraction of sp³-hybridized carbons (Fsp3) is 0.222. The third kappa shape index (κ3) is 2.91. The van der Waals surface area contributed by atoms with Gasteiger partial charge in [0.05, 0.1) is 7.06 Å². The van der Waals surface area contributed by atoms with Gasteiger partial charge in [0.2, 0.25) is 0 Å². The second-order valence-electron chi connectivity index (χ2n) is 7.58. The normalized spacial score (nSPS) is 14.3. The molecule has 5 aromatic rings. The average molecular weight is 384 g/mol. The lowest BCUT2D eigenvalue weighted by molar-refractivity contribution is 0.637. The zero-order chi connectivity index (χ0) is 23.3. The number of nitrogens with zero attached hydrogens (tertiary/aromatic N) is 1. The summed E-state index contributed by atoms with van der Waals surface area (Å²) in [5.41, 5.74) is 3.58. The molecule has 0 aliphatic rings. The Kier molecular flexibility index (Phi) is 3.39. The van der Waals surface area contributed by atoms with E-state index in [0.29, 0.717) is 16.8 Å². The van der Waals surface area contributed by atoms with Crippen LogP contribution in [0.1, 0.15) is 49.2 Å². The van der Waals surface area contributed by atoms with Crippen LogP contribution in [0.4, 0.5) is 0 Å². The van der Waals surface area contributed by atoms with Crippen LogP contribution in [0, 0.1) is 6.85 Å². The predicted molar refractivity (Wildman–Crippen MR) is 123 cm³/mol. The minimum Gasteiger partial charge on any atom is -0.455 e. The van der Waals surface area contributed by atoms with Crippen molar-refractivity contribution in [2.24, 2.45) is 0 Å². The summed E-state index contributed by atoms with van der Waals surface area (Å²) in [6, 6.07) is 20.1. The number of aromatic nitrogens is 1. The maximum Gasteiger partial charge on any atom is 0.144 e. The SMILES string of the molecule is [2H]c1nc(-c2cccc3c2oc2cc4ccccc4cc23)cc(C(CC)CC)c1C([2H])([2H])[2H]. The molecule has 0 unspecified atom stereocenters. The molecule has 0 radical (unpaired) electrons. The van der Waals surface area contributed by atoms with Crippen LogP contribution in [-0.2, 0) is 0 Å². The summed E-state index contributed by atoms with van der Waals surface area (Å²) in [7, 11) is 0. The molecule has 144 valence electrons. The zero-order valence-electron chi connectivity index (χ0n) is 20.6. The Morgan fingerprint density at radius 2 is 1.76 bits per heavy atom. The van der Waals surface area contributed by atoms with E-state index in [-0.39, 0.29) is 17.7 Å². The fourth-order valence-electron chi connectivity index (χ4n) is 4.31. The van der Waals surface area contributed by atoms with E-state index in [1.165, 1.54) is 0 Å². The number of fused-ring (bicyclic) bond motifs is 4. The van der Waals surface area contributed by atoms with Gasteiger partial charge in [-0.2, -0.15) is 0 Å². The molecule has 0 aliphatic heterocycles. The number of furan rings is 1. The number of rotatable bonds is 4. The highest BCUT2D eigenvalue weighted by Gasteiger charge is 2.16. The summed E-state index contributed by atoms with van der Waals surface area (Å²) >= 11 is 0. The summed E-state index contributed by atoms with van der Waals surface area (Å²) in [5.74, 6) is 0.0476. The van der Waals surface area contributed by atoms with E-state index in [1.807, 2.05) is 56.3 Å². The molecule has 0 bridgehead atoms. The topological polar surface area (TPSA) is 26.0 Å². The molecule has 5 rings (SSSR count). The van der Waals surface area contributed by atoms with Gasteiger partial charge in [0, 0.05) is 26.6 Å². The summed E-state index contributed by atoms with van der Waals surface area (Å²) in [5, 5.41) is 4.25. The minimum atomic E-state index is -2.38. The quantitative estimate of drug-likeness (QED) is 0.314. The smallest absolute Gasteiger partial charge is 0.144 e. The lowest BCUT2D eigenvalue weighted by Gasteiger charge is -2.16. The molecule has 0 N–H and O–H groups in total. The fourth-order valence-corrected chi connectivity index (χ4v) is 4.31. The predicted octanol–water partition coefficient (Wildman–Crippen LogP) is 8.01. The van der Waals surface area contributed by atoms with E-state index < -0.39 is 6.85 Å². The molecule has 3 aromatic carbocycles. The first-order valence-electron chi connectivity index (χ1n) is 12.2. The van der Waals surface area contributed by atoms with E-state index in [9.17, 15) is 0 Å². The largest absolute Gasteiger partial charge is 0.455 e. The second kappa shape index (κ2) is 7.04. The molecule has 29 heavy (non-hydrogen) atoms. The first-order chi connectivity index (χ1) is 15.8. The lowest BCUT2D eigenvalue weighted by Crippen LogP contribution is -2.00. The van der Waals surface area contributed by atoms with Gasteiger partial charge < -0.3 is 4.42 Å². The maximum absolute atomic E-state index is 8.51. The van der Waals surface area contributed by atoms with Crippen LogP contribution < -0.4 is 0 Å². The molecule has 2 nitrogen and oxygen atoms in total. The van der Waals surface area contributed by atoms with Crippen LogP contribution in [0.3, 0.4) is 0 Å². The first-order valence-corrected chi connectivity index (χ1v) is 10.2. The van der Waals surface area contributed by atoms with Crippen LogP contribution in [0.15, 0.2) is 71.3 Å². The Morgan fingerprint density at radius 1 is 0.966 bits per heavy atom. The number of benzene rings is 3. The molecular formula is C27H25NO. The highest BCUT2D eigenvalue weighted by molar-refractivity contribution is 6.13. The van der Waals surface area contributed by atoms with Crippen molar-refractivity contribution in [1.82, 2.24) is 4.98 Å². The standard InChI is InChI=1S/C27H25NO/c1-4-18(5-2)23-15-25(28-16-17(23)3)22-12-8-11-21-24-13-19-9-6-7-10-20(19)14-26(24)29-27(21)22/h6-16,18H,4-5H2,1-3H3/i3D3,16D. The van der Waals surface area contributed by atoms with Gasteiger partial charge in [0.1, 0.15) is 11.2 Å². The monoisotopic (exact) mass is 383 g/mol. The summed E-state index contributed by atoms with van der Waals surface area (Å²) in [6.07, 6.45) is 1.40. The molecule has 2 heterocycles. The molecule has 2 aromatic heterocycles. The van der Waals surface area contributed by atoms with Gasteiger partial charge in [-0.1, -0.05) is 50.2 Å². The lowest BCUT2D eigenvalue weighted by atomic mass is 9.90. The Labute approximate surface area is 176 Å². The summed E-state index contributed by atoms with van der Waals surface area (Å²) in [4.78, 5) is 4.44. The van der Waals surface area contributed by atoms with Gasteiger partial charge in [-0.15, -0.1) is 0 Å². The Hall–Kier alpha value is -3.13. The molecule has 0 spiro atoms. The van der Waals surface area contributed by atoms with Gasteiger partial charge in [-0.25, -0.2) is 0 Å². The van der Waals surface area contributed by atoms with Gasteiger partial charge >= 0.3 is 0 Å². The maximum atomic E-state index is 8.51. The summed E-state index contributed by atoms with van der Waals surface area (Å²) < 4.78 is 38.8. The minimum absolute atomic E-state index is 0.0476. The molecule has 0 saturated carbocycles. The van der Waals surface area contributed by atoms with Crippen LogP contribution in [0.5, 0.6) is 0 Å². The number of pyridine rings is 1. The Balaban J connectivity index is 1.79. The molecular weight excluding hydrogens is 354 g/mol. The van der Waals surface area contributed by atoms with E-state index in [2.05, 4.69) is 23.2 Å². The van der Waals surface area contributed by atoms with E-state index in [1.54, 1.807) is 0 Å². The third-order valence-corrected chi connectivity index (χ3v) is 5.94. The van der Waals surface area contributed by atoms with E-state index >= 15 is 0 Å². The highest BCUT2D eigenvalue weighted by atomic mass is 16.3. The Bertz CT molecular complexity index is 1500. The van der Waals surface area contributed by atoms with Gasteiger partial charge in [-0.05, 0) is 71.8 Å². The van der Waals surface area contributed by atoms with Crippen LogP contribution in [-0.4, -0.2) is 4.98 Å². The van der Waals surface area contributed by atoms with Crippen LogP contribution in [0.25, 0.3) is 44.0 Å². The molecule has 0 aliphatic carbocycles. The molecule has 0 amide bonds. The molecule has 0 saturated heterocycles. The molecule has 0 fully saturated rings. The van der Waals surface area contributed by atoms with E-state index in [0.717, 1.165) is 45.5 Å². The van der Waals surface area contributed by atoms with Gasteiger partial charge in [-0.3, -0.25) is 4.98 Å². The van der Waals surface area contributed by atoms with Crippen molar-refractivity contribution < 1.29 is 9.90 Å². The van der Waals surface area contributed by atoms with Crippen molar-refractivity contribution in [3.8, 4) is 11.3 Å². The van der Waals surface area contributed by atoms with Crippen molar-refractivity contribution in [3.05, 3.63) is 78.0 Å². The van der Waals surface area contributed by atoms with E-state index in [4.69, 9.17) is 9.90 Å². The average Bonchev–Trinajstić information content (AvgIpc) is 3.14. The van der Waals surface area contributed by atoms with Crippen molar-refractivity contribution in [2.75, 3.05) is 0 Å². The number of para-hydroxylation sites is 1. The number of hydrogen-bond acceptors (Lipinski definition) is 2. The van der Waals surface area contributed by atoms with Crippen LogP contribution >= 0.6 is 0 Å². The van der Waals surface area contributed by atoms with Crippen LogP contribution in [0.2, 0.25) is 0 Å². The van der Waals surface area contributed by atoms with Crippen molar-refractivity contribution >= 4 is 32.7 Å². The number of hydrogen-bond donors (Lipinski definition) is 0. The summed E-state index contributed by atoms with van der Waals surface area (Å²) in [6.45, 7) is 1.71. The third-order valence-electron chi connectivity index (χ3n) is 5.94. The van der Waals surface area contributed by atoms with Gasteiger partial charge in [0.15, 0.2) is 0 Å².